The predicted octanol–water partition coefficient (Wildman–Crippen LogP) is 3.58. The zero-order chi connectivity index (χ0) is 18.0. The fourth-order valence-corrected chi connectivity index (χ4v) is 3.25. The number of anilines is 1. The number of carbonyl (C=O) groups is 2. The highest BCUT2D eigenvalue weighted by Crippen LogP contribution is 2.29. The molecule has 0 saturated heterocycles. The van der Waals surface area contributed by atoms with Crippen molar-refractivity contribution in [2.45, 2.75) is 13.3 Å². The first-order valence-corrected chi connectivity index (χ1v) is 8.65. The maximum atomic E-state index is 12.5. The number of Topliss-reactive ketones (excluding diaryl/α,β-unsaturated/α-hetero) is 1. The fraction of sp³-hybridized carbons (Fsp3) is 0.176. The van der Waals surface area contributed by atoms with Crippen LogP contribution >= 0.6 is 23.1 Å². The van der Waals surface area contributed by atoms with Gasteiger partial charge in [0.15, 0.2) is 5.82 Å². The van der Waals surface area contributed by atoms with Crippen molar-refractivity contribution in [3.8, 4) is 11.3 Å². The zero-order valence-corrected chi connectivity index (χ0v) is 15.2. The summed E-state index contributed by atoms with van der Waals surface area (Å²) >= 11 is 7.29. The van der Waals surface area contributed by atoms with Crippen molar-refractivity contribution >= 4 is 40.0 Å². The summed E-state index contributed by atoms with van der Waals surface area (Å²) in [5, 5.41) is 3.69. The number of nitrogens with one attached hydrogen (secondary N) is 1. The van der Waals surface area contributed by atoms with Gasteiger partial charge in [-0.2, -0.15) is 4.37 Å². The van der Waals surface area contributed by atoms with Crippen molar-refractivity contribution in [2.75, 3.05) is 5.32 Å². The average Bonchev–Trinajstić information content (AvgIpc) is 3.14. The first-order chi connectivity index (χ1) is 12.0. The van der Waals surface area contributed by atoms with Crippen LogP contribution in [0, 0.1) is 0 Å². The lowest BCUT2D eigenvalue weighted by atomic mass is 10.1. The molecule has 3 aromatic rings. The fourth-order valence-electron chi connectivity index (χ4n) is 2.44. The van der Waals surface area contributed by atoms with Crippen molar-refractivity contribution < 1.29 is 9.59 Å². The minimum absolute atomic E-state index is 0.0255. The molecule has 2 aromatic heterocycles. The number of aromatic nitrogens is 3. The van der Waals surface area contributed by atoms with Gasteiger partial charge in [0.2, 0.25) is 5.13 Å². The molecule has 0 bridgehead atoms. The summed E-state index contributed by atoms with van der Waals surface area (Å²) in [6, 6.07) is 11.0. The number of rotatable bonds is 5. The molecule has 0 aliphatic rings. The highest BCUT2D eigenvalue weighted by atomic mass is 35.5. The van der Waals surface area contributed by atoms with E-state index >= 15 is 0 Å². The molecule has 8 heteroatoms. The van der Waals surface area contributed by atoms with Gasteiger partial charge in [0.1, 0.15) is 11.5 Å². The minimum Gasteiger partial charge on any atom is -0.340 e. The van der Waals surface area contributed by atoms with Gasteiger partial charge in [-0.05, 0) is 25.1 Å². The maximum absolute atomic E-state index is 12.5. The lowest BCUT2D eigenvalue weighted by Crippen LogP contribution is -2.16. The lowest BCUT2D eigenvalue weighted by Gasteiger charge is -2.08. The number of hydrogen-bond acceptors (Lipinski definition) is 5. The molecule has 128 valence electrons. The normalized spacial score (nSPS) is 10.7. The van der Waals surface area contributed by atoms with Crippen LogP contribution in [0.15, 0.2) is 36.4 Å². The Labute approximate surface area is 153 Å². The topological polar surface area (TPSA) is 76.9 Å². The summed E-state index contributed by atoms with van der Waals surface area (Å²) in [7, 11) is 1.80. The summed E-state index contributed by atoms with van der Waals surface area (Å²) in [6.45, 7) is 1.47. The molecule has 0 spiro atoms. The second-order valence-corrected chi connectivity index (χ2v) is 6.65. The van der Waals surface area contributed by atoms with Gasteiger partial charge in [0, 0.05) is 34.9 Å². The second kappa shape index (κ2) is 7.16. The number of hydrogen-bond donors (Lipinski definition) is 1. The number of nitrogens with zero attached hydrogens (tertiary/aromatic N) is 3. The number of carbonyl (C=O) groups excluding carboxylic acids is 2. The smallest absolute Gasteiger partial charge is 0.274 e. The SMILES string of the molecule is CC(=O)Cc1nsc(NC(=O)c2ccc(-c3ccccc3Cl)n2C)n1. The molecule has 6 nitrogen and oxygen atoms in total. The number of amides is 1. The van der Waals surface area contributed by atoms with Crippen molar-refractivity contribution in [3.05, 3.63) is 52.9 Å². The molecule has 0 aliphatic heterocycles. The van der Waals surface area contributed by atoms with E-state index < -0.39 is 0 Å². The monoisotopic (exact) mass is 374 g/mol. The van der Waals surface area contributed by atoms with E-state index in [9.17, 15) is 9.59 Å². The van der Waals surface area contributed by atoms with Crippen LogP contribution in [0.25, 0.3) is 11.3 Å². The molecule has 0 unspecified atom stereocenters. The molecule has 2 heterocycles. The van der Waals surface area contributed by atoms with Crippen molar-refractivity contribution in [3.63, 3.8) is 0 Å². The third-order valence-corrected chi connectivity index (χ3v) is 4.60. The Morgan fingerprint density at radius 3 is 2.72 bits per heavy atom. The van der Waals surface area contributed by atoms with Gasteiger partial charge in [0.25, 0.3) is 5.91 Å². The highest BCUT2D eigenvalue weighted by molar-refractivity contribution is 7.09. The standard InChI is InChI=1S/C17H15ClN4O2S/c1-10(23)9-15-19-17(25-21-15)20-16(24)14-8-7-13(22(14)2)11-5-3-4-6-12(11)18/h3-8H,9H2,1-2H3,(H,19,20,21,24). The van der Waals surface area contributed by atoms with E-state index in [2.05, 4.69) is 14.7 Å². The summed E-state index contributed by atoms with van der Waals surface area (Å²) in [5.41, 5.74) is 2.16. The highest BCUT2D eigenvalue weighted by Gasteiger charge is 2.17. The molecule has 1 aromatic carbocycles. The lowest BCUT2D eigenvalue weighted by molar-refractivity contribution is -0.116. The summed E-state index contributed by atoms with van der Waals surface area (Å²) in [4.78, 5) is 27.8. The van der Waals surface area contributed by atoms with Crippen LogP contribution in [-0.2, 0) is 18.3 Å². The number of benzene rings is 1. The van der Waals surface area contributed by atoms with Crippen LogP contribution in [-0.4, -0.2) is 25.6 Å². The Balaban J connectivity index is 1.81. The molecule has 1 N–H and O–H groups in total. The van der Waals surface area contributed by atoms with E-state index in [1.54, 1.807) is 23.7 Å². The Morgan fingerprint density at radius 1 is 1.24 bits per heavy atom. The Morgan fingerprint density at radius 2 is 2.00 bits per heavy atom. The molecular weight excluding hydrogens is 360 g/mol. The van der Waals surface area contributed by atoms with E-state index in [1.807, 2.05) is 24.3 Å². The Hall–Kier alpha value is -2.51. The Kier molecular flexibility index (Phi) is 4.96. The van der Waals surface area contributed by atoms with Crippen LogP contribution in [0.4, 0.5) is 5.13 Å². The van der Waals surface area contributed by atoms with Crippen molar-refractivity contribution in [1.29, 1.82) is 0 Å². The van der Waals surface area contributed by atoms with Gasteiger partial charge in [0.05, 0.1) is 6.42 Å². The molecule has 0 aliphatic carbocycles. The van der Waals surface area contributed by atoms with E-state index in [4.69, 9.17) is 11.6 Å². The third-order valence-electron chi connectivity index (χ3n) is 3.60. The van der Waals surface area contributed by atoms with E-state index in [1.165, 1.54) is 6.92 Å². The molecule has 3 rings (SSSR count). The van der Waals surface area contributed by atoms with E-state index in [-0.39, 0.29) is 18.1 Å². The molecule has 0 radical (unpaired) electrons. The first-order valence-electron chi connectivity index (χ1n) is 7.49. The minimum atomic E-state index is -0.300. The average molecular weight is 375 g/mol. The number of ketones is 1. The predicted molar refractivity (Wildman–Crippen MR) is 98.1 cm³/mol. The van der Waals surface area contributed by atoms with Crippen LogP contribution in [0.1, 0.15) is 23.2 Å². The molecular formula is C17H15ClN4O2S. The number of halogens is 1. The van der Waals surface area contributed by atoms with E-state index in [0.29, 0.717) is 21.7 Å². The summed E-state index contributed by atoms with van der Waals surface area (Å²) < 4.78 is 5.83. The molecule has 0 fully saturated rings. The van der Waals surface area contributed by atoms with Gasteiger partial charge >= 0.3 is 0 Å². The Bertz CT molecular complexity index is 948. The van der Waals surface area contributed by atoms with Gasteiger partial charge in [-0.3, -0.25) is 14.9 Å². The van der Waals surface area contributed by atoms with Crippen LogP contribution < -0.4 is 5.32 Å². The van der Waals surface area contributed by atoms with Gasteiger partial charge in [-0.15, -0.1) is 0 Å². The zero-order valence-electron chi connectivity index (χ0n) is 13.6. The maximum Gasteiger partial charge on any atom is 0.274 e. The molecule has 25 heavy (non-hydrogen) atoms. The van der Waals surface area contributed by atoms with Crippen LogP contribution in [0.3, 0.4) is 0 Å². The summed E-state index contributed by atoms with van der Waals surface area (Å²) in [5.74, 6) is 0.0882. The van der Waals surface area contributed by atoms with Crippen molar-refractivity contribution in [2.24, 2.45) is 7.05 Å². The van der Waals surface area contributed by atoms with E-state index in [0.717, 1.165) is 22.8 Å². The first kappa shape index (κ1) is 17.3. The molecule has 0 atom stereocenters. The quantitative estimate of drug-likeness (QED) is 0.740. The van der Waals surface area contributed by atoms with Gasteiger partial charge < -0.3 is 4.57 Å². The van der Waals surface area contributed by atoms with Crippen LogP contribution in [0.2, 0.25) is 5.02 Å². The summed E-state index contributed by atoms with van der Waals surface area (Å²) in [6.07, 6.45) is 0.160. The van der Waals surface area contributed by atoms with Gasteiger partial charge in [-0.25, -0.2) is 4.98 Å². The molecule has 1 amide bonds. The van der Waals surface area contributed by atoms with Gasteiger partial charge in [-0.1, -0.05) is 29.8 Å². The van der Waals surface area contributed by atoms with Crippen LogP contribution in [0.5, 0.6) is 0 Å². The molecule has 0 saturated carbocycles. The second-order valence-electron chi connectivity index (χ2n) is 5.49. The third kappa shape index (κ3) is 3.78. The van der Waals surface area contributed by atoms with Crippen molar-refractivity contribution in [1.82, 2.24) is 13.9 Å². The largest absolute Gasteiger partial charge is 0.340 e.